The first-order valence-corrected chi connectivity index (χ1v) is 15.4. The standard InChI is InChI=1S/C35H58N2O2/c1-24(2)23-37(34(38)39-35(8,9)10)20-19-26(5)21-31(25(3)4)33(28(7)36-11)32(30-17-18-30)22-27(6)29-15-13-12-14-16-29/h22,24,27,29-30H,3,5,12-21,23H2,1-2,4,6-11H3/b32-22-,33-31+,36-28-. The summed E-state index contributed by atoms with van der Waals surface area (Å²) in [5, 5.41) is 0. The molecular formula is C35H58N2O2. The van der Waals surface area contributed by atoms with Gasteiger partial charge in [0.2, 0.25) is 0 Å². The van der Waals surface area contributed by atoms with Gasteiger partial charge in [-0.2, -0.15) is 0 Å². The molecule has 0 N–H and O–H groups in total. The van der Waals surface area contributed by atoms with Crippen molar-refractivity contribution in [3.05, 3.63) is 47.1 Å². The number of hydrogen-bond donors (Lipinski definition) is 0. The number of ether oxygens (including phenoxy) is 1. The largest absolute Gasteiger partial charge is 0.444 e. The maximum Gasteiger partial charge on any atom is 0.410 e. The van der Waals surface area contributed by atoms with Crippen LogP contribution < -0.4 is 0 Å². The van der Waals surface area contributed by atoms with Crippen molar-refractivity contribution in [1.29, 1.82) is 0 Å². The van der Waals surface area contributed by atoms with Crippen LogP contribution in [0.15, 0.2) is 52.1 Å². The van der Waals surface area contributed by atoms with Gasteiger partial charge in [-0.3, -0.25) is 4.99 Å². The summed E-state index contributed by atoms with van der Waals surface area (Å²) in [4.78, 5) is 19.4. The van der Waals surface area contributed by atoms with Gasteiger partial charge >= 0.3 is 6.09 Å². The number of hydrogen-bond acceptors (Lipinski definition) is 3. The van der Waals surface area contributed by atoms with E-state index in [0.717, 1.165) is 35.6 Å². The lowest BCUT2D eigenvalue weighted by Crippen LogP contribution is -2.39. The van der Waals surface area contributed by atoms with Gasteiger partial charge in [0.05, 0.1) is 0 Å². The molecule has 2 rings (SSSR count). The zero-order valence-electron chi connectivity index (χ0n) is 26.8. The fraction of sp³-hybridized carbons (Fsp3) is 0.714. The predicted molar refractivity (Wildman–Crippen MR) is 168 cm³/mol. The molecule has 4 nitrogen and oxygen atoms in total. The van der Waals surface area contributed by atoms with Crippen molar-refractivity contribution in [2.75, 3.05) is 20.1 Å². The normalized spacial score (nSPS) is 19.0. The van der Waals surface area contributed by atoms with E-state index in [1.54, 1.807) is 0 Å². The number of rotatable bonds is 13. The van der Waals surface area contributed by atoms with E-state index in [0.29, 0.717) is 30.8 Å². The van der Waals surface area contributed by atoms with Crippen LogP contribution in [0.1, 0.15) is 113 Å². The maximum absolute atomic E-state index is 12.9. The first-order chi connectivity index (χ1) is 18.2. The van der Waals surface area contributed by atoms with Gasteiger partial charge in [-0.1, -0.05) is 70.4 Å². The molecule has 1 atom stereocenters. The lowest BCUT2D eigenvalue weighted by atomic mass is 9.78. The van der Waals surface area contributed by atoms with Gasteiger partial charge in [0.25, 0.3) is 0 Å². The molecule has 2 fully saturated rings. The predicted octanol–water partition coefficient (Wildman–Crippen LogP) is 9.73. The Hall–Kier alpha value is -2.10. The molecule has 0 bridgehead atoms. The van der Waals surface area contributed by atoms with Gasteiger partial charge in [-0.15, -0.1) is 0 Å². The summed E-state index contributed by atoms with van der Waals surface area (Å²) < 4.78 is 5.70. The van der Waals surface area contributed by atoms with E-state index in [-0.39, 0.29) is 6.09 Å². The van der Waals surface area contributed by atoms with Crippen LogP contribution in [-0.2, 0) is 4.74 Å². The highest BCUT2D eigenvalue weighted by atomic mass is 16.6. The summed E-state index contributed by atoms with van der Waals surface area (Å²) in [5.74, 6) is 2.35. The van der Waals surface area contributed by atoms with Crippen LogP contribution in [0.3, 0.4) is 0 Å². The zero-order valence-corrected chi connectivity index (χ0v) is 26.8. The van der Waals surface area contributed by atoms with Crippen LogP contribution in [-0.4, -0.2) is 42.4 Å². The number of aliphatic imine (C=N–C) groups is 1. The zero-order chi connectivity index (χ0) is 29.3. The molecule has 1 unspecified atom stereocenters. The minimum atomic E-state index is -0.509. The molecule has 0 spiro atoms. The second-order valence-corrected chi connectivity index (χ2v) is 13.6. The number of allylic oxidation sites excluding steroid dienone is 5. The highest BCUT2D eigenvalue weighted by Crippen LogP contribution is 2.44. The third kappa shape index (κ3) is 11.1. The average molecular weight is 539 g/mol. The Morgan fingerprint density at radius 3 is 2.15 bits per heavy atom. The Kier molecular flexibility index (Phi) is 12.8. The van der Waals surface area contributed by atoms with E-state index in [1.807, 2.05) is 32.7 Å². The molecule has 0 heterocycles. The second-order valence-electron chi connectivity index (χ2n) is 13.6. The van der Waals surface area contributed by atoms with Crippen molar-refractivity contribution >= 4 is 11.8 Å². The minimum Gasteiger partial charge on any atom is -0.444 e. The fourth-order valence-corrected chi connectivity index (χ4v) is 5.72. The quantitative estimate of drug-likeness (QED) is 0.133. The summed E-state index contributed by atoms with van der Waals surface area (Å²) in [7, 11) is 1.90. The van der Waals surface area contributed by atoms with Crippen LogP contribution in [0.5, 0.6) is 0 Å². The van der Waals surface area contributed by atoms with Gasteiger partial charge in [0.15, 0.2) is 0 Å². The number of amides is 1. The topological polar surface area (TPSA) is 41.9 Å². The first-order valence-electron chi connectivity index (χ1n) is 15.4. The van der Waals surface area contributed by atoms with Gasteiger partial charge in [0.1, 0.15) is 5.60 Å². The number of carbonyl (C=O) groups is 1. The summed E-state index contributed by atoms with van der Waals surface area (Å²) in [6.45, 7) is 26.9. The molecule has 220 valence electrons. The molecule has 2 saturated carbocycles. The monoisotopic (exact) mass is 538 g/mol. The summed E-state index contributed by atoms with van der Waals surface area (Å²) in [6, 6.07) is 0. The van der Waals surface area contributed by atoms with Gasteiger partial charge in [0, 0.05) is 31.4 Å². The molecule has 39 heavy (non-hydrogen) atoms. The Bertz CT molecular complexity index is 950. The number of carbonyl (C=O) groups excluding carboxylic acids is 1. The van der Waals surface area contributed by atoms with E-state index in [1.165, 1.54) is 61.7 Å². The summed E-state index contributed by atoms with van der Waals surface area (Å²) in [5.41, 5.74) is 6.81. The van der Waals surface area contributed by atoms with Crippen LogP contribution in [0.25, 0.3) is 0 Å². The molecule has 0 saturated heterocycles. The molecular weight excluding hydrogens is 480 g/mol. The van der Waals surface area contributed by atoms with Crippen molar-refractivity contribution in [3.63, 3.8) is 0 Å². The van der Waals surface area contributed by atoms with E-state index < -0.39 is 5.60 Å². The van der Waals surface area contributed by atoms with Crippen molar-refractivity contribution in [2.24, 2.45) is 28.7 Å². The number of nitrogens with zero attached hydrogens (tertiary/aromatic N) is 2. The van der Waals surface area contributed by atoms with Crippen molar-refractivity contribution in [3.8, 4) is 0 Å². The summed E-state index contributed by atoms with van der Waals surface area (Å²) in [6.07, 6.45) is 13.2. The average Bonchev–Trinajstić information content (AvgIpc) is 3.69. The molecule has 0 aromatic rings. The first kappa shape index (κ1) is 33.1. The van der Waals surface area contributed by atoms with Crippen LogP contribution in [0, 0.1) is 23.7 Å². The third-order valence-corrected chi connectivity index (χ3v) is 8.06. The molecule has 0 aromatic carbocycles. The molecule has 0 radical (unpaired) electrons. The Labute approximate surface area is 240 Å². The van der Waals surface area contributed by atoms with Crippen LogP contribution in [0.2, 0.25) is 0 Å². The Morgan fingerprint density at radius 2 is 1.67 bits per heavy atom. The molecule has 2 aliphatic carbocycles. The summed E-state index contributed by atoms with van der Waals surface area (Å²) >= 11 is 0. The Morgan fingerprint density at radius 1 is 1.05 bits per heavy atom. The lowest BCUT2D eigenvalue weighted by Gasteiger charge is -2.29. The Balaban J connectivity index is 2.32. The SMILES string of the molecule is C=C(CCN(CC(C)C)C(=O)OC(C)(C)C)C/C(C(=C)C)=C(C(=C/C(C)C1CCCCC1)\C1CC1)/C(C)=N\C. The van der Waals surface area contributed by atoms with E-state index in [9.17, 15) is 4.79 Å². The van der Waals surface area contributed by atoms with Crippen LogP contribution >= 0.6 is 0 Å². The van der Waals surface area contributed by atoms with E-state index in [4.69, 9.17) is 9.73 Å². The third-order valence-electron chi connectivity index (χ3n) is 8.06. The smallest absolute Gasteiger partial charge is 0.410 e. The molecule has 0 aliphatic heterocycles. The minimum absolute atomic E-state index is 0.245. The van der Waals surface area contributed by atoms with Crippen LogP contribution in [0.4, 0.5) is 4.79 Å². The van der Waals surface area contributed by atoms with E-state index >= 15 is 0 Å². The molecule has 4 heteroatoms. The lowest BCUT2D eigenvalue weighted by molar-refractivity contribution is 0.0230. The van der Waals surface area contributed by atoms with E-state index in [2.05, 4.69) is 53.9 Å². The van der Waals surface area contributed by atoms with Crippen molar-refractivity contribution in [2.45, 2.75) is 119 Å². The van der Waals surface area contributed by atoms with Gasteiger partial charge < -0.3 is 9.64 Å². The highest BCUT2D eigenvalue weighted by molar-refractivity contribution is 6.03. The molecule has 0 aromatic heterocycles. The maximum atomic E-state index is 12.9. The van der Waals surface area contributed by atoms with Crippen molar-refractivity contribution in [1.82, 2.24) is 4.90 Å². The van der Waals surface area contributed by atoms with Gasteiger partial charge in [-0.25, -0.2) is 4.79 Å². The molecule has 2 aliphatic rings. The molecule has 1 amide bonds. The second kappa shape index (κ2) is 15.1. The fourth-order valence-electron chi connectivity index (χ4n) is 5.72. The van der Waals surface area contributed by atoms with Crippen molar-refractivity contribution < 1.29 is 9.53 Å². The van der Waals surface area contributed by atoms with Gasteiger partial charge in [-0.05, 0) is 108 Å². The highest BCUT2D eigenvalue weighted by Gasteiger charge is 2.32.